The fourth-order valence-corrected chi connectivity index (χ4v) is 17.3. The number of hydrogen-bond acceptors (Lipinski definition) is 10. The van der Waals surface area contributed by atoms with E-state index in [1.54, 1.807) is 16.7 Å². The van der Waals surface area contributed by atoms with Gasteiger partial charge in [-0.15, -0.1) is 0 Å². The van der Waals surface area contributed by atoms with Crippen LogP contribution in [0.25, 0.3) is 0 Å². The third kappa shape index (κ3) is 21.8. The summed E-state index contributed by atoms with van der Waals surface area (Å²) in [7, 11) is 0. The van der Waals surface area contributed by atoms with E-state index in [0.29, 0.717) is 87.1 Å². The highest BCUT2D eigenvalue weighted by molar-refractivity contribution is 6.30. The number of halogens is 2. The van der Waals surface area contributed by atoms with E-state index in [1.807, 2.05) is 53.4 Å². The molecule has 107 heavy (non-hydrogen) atoms. The largest absolute Gasteiger partial charge is 0.351 e. The van der Waals surface area contributed by atoms with Gasteiger partial charge in [0, 0.05) is 153 Å². The maximum atomic E-state index is 13.6. The lowest BCUT2D eigenvalue weighted by molar-refractivity contribution is -0.142. The zero-order valence-corrected chi connectivity index (χ0v) is 65.8. The number of nitrogens with zero attached hydrogens (tertiary/aromatic N) is 10. The Morgan fingerprint density at radius 3 is 1.00 bits per heavy atom. The van der Waals surface area contributed by atoms with E-state index in [9.17, 15) is 34.0 Å². The molecule has 18 nitrogen and oxygen atoms in total. The lowest BCUT2D eigenvalue weighted by Gasteiger charge is -2.50. The van der Waals surface area contributed by atoms with Gasteiger partial charge in [0.15, 0.2) is 0 Å². The number of primary amides is 2. The molecule has 6 saturated heterocycles. The number of rotatable bonds is 17. The molecule has 6 aromatic carbocycles. The molecule has 572 valence electrons. The number of carbonyl (C=O) groups is 6. The molecule has 8 amide bonds. The van der Waals surface area contributed by atoms with Crippen LogP contribution in [0.1, 0.15) is 170 Å². The molecule has 6 aliphatic rings. The maximum Gasteiger partial charge on any atom is 0.314 e. The van der Waals surface area contributed by atoms with Gasteiger partial charge < -0.3 is 40.9 Å². The first-order chi connectivity index (χ1) is 51.3. The van der Waals surface area contributed by atoms with Gasteiger partial charge >= 0.3 is 12.1 Å². The van der Waals surface area contributed by atoms with Crippen molar-refractivity contribution in [1.82, 2.24) is 44.1 Å². The van der Waals surface area contributed by atoms with E-state index in [1.165, 1.54) is 27.8 Å². The SMILES string of the molecule is CC(=O)N1CCC(CC(=O)N2CCN(C(c3ccccc3)c3ccc(Cl)cc3)C[C@@H]2C(C)(C)C)CC1.CC(C)[C@H]1CN(C(c2ccccc2)c2ccc(C#N)cc2)CCN1C(=O)CC1CCN(C(N)=O)CC1.CC(C)[C@H]1CN(C(c2ccccc2)c2ccc(Cl)cc2)CCN1C(=O)CC1CCN(C(N)=O)CC1. The molecular weight excluding hydrogens is 1380 g/mol. The summed E-state index contributed by atoms with van der Waals surface area (Å²) in [6.45, 7) is 28.3. The first kappa shape index (κ1) is 81.2. The van der Waals surface area contributed by atoms with Crippen molar-refractivity contribution in [2.75, 3.05) is 98.2 Å². The molecule has 6 aliphatic heterocycles. The molecule has 6 fully saturated rings. The van der Waals surface area contributed by atoms with Crippen LogP contribution in [0.4, 0.5) is 9.59 Å². The maximum absolute atomic E-state index is 13.6. The van der Waals surface area contributed by atoms with Crippen molar-refractivity contribution in [2.24, 2.45) is 46.5 Å². The third-order valence-corrected chi connectivity index (χ3v) is 23.8. The molecule has 0 bridgehead atoms. The minimum absolute atomic E-state index is 0.0481. The van der Waals surface area contributed by atoms with Crippen LogP contribution in [0.3, 0.4) is 0 Å². The summed E-state index contributed by atoms with van der Waals surface area (Å²) in [6.07, 6.45) is 6.84. The third-order valence-electron chi connectivity index (χ3n) is 23.3. The molecule has 6 heterocycles. The van der Waals surface area contributed by atoms with Gasteiger partial charge in [0.1, 0.15) is 0 Å². The average Bonchev–Trinajstić information content (AvgIpc) is 0.783. The lowest BCUT2D eigenvalue weighted by Crippen LogP contribution is -2.60. The highest BCUT2D eigenvalue weighted by Gasteiger charge is 2.43. The normalized spacial score (nSPS) is 20.6. The van der Waals surface area contributed by atoms with Crippen molar-refractivity contribution in [1.29, 1.82) is 5.26 Å². The second kappa shape index (κ2) is 38.2. The van der Waals surface area contributed by atoms with Crippen molar-refractivity contribution < 1.29 is 28.8 Å². The lowest BCUT2D eigenvalue weighted by atomic mass is 9.82. The van der Waals surface area contributed by atoms with Crippen molar-refractivity contribution in [3.8, 4) is 6.07 Å². The van der Waals surface area contributed by atoms with Crippen LogP contribution < -0.4 is 11.5 Å². The zero-order valence-electron chi connectivity index (χ0n) is 64.2. The molecule has 0 spiro atoms. The Morgan fingerprint density at radius 2 is 0.701 bits per heavy atom. The summed E-state index contributed by atoms with van der Waals surface area (Å²) < 4.78 is 0. The van der Waals surface area contributed by atoms with Crippen LogP contribution in [0.5, 0.6) is 0 Å². The van der Waals surface area contributed by atoms with Gasteiger partial charge in [-0.25, -0.2) is 9.59 Å². The van der Waals surface area contributed by atoms with E-state index in [0.717, 1.165) is 120 Å². The number of likely N-dealkylation sites (tertiary alicyclic amines) is 3. The van der Waals surface area contributed by atoms with Crippen LogP contribution in [-0.2, 0) is 19.2 Å². The Kier molecular flexibility index (Phi) is 29.0. The Balaban J connectivity index is 0.000000172. The number of nitrogens with two attached hydrogens (primary N) is 2. The fourth-order valence-electron chi connectivity index (χ4n) is 17.0. The molecule has 3 unspecified atom stereocenters. The second-order valence-corrected chi connectivity index (χ2v) is 33.0. The predicted molar refractivity (Wildman–Crippen MR) is 426 cm³/mol. The fraction of sp³-hybridized carbons (Fsp3) is 0.506. The molecule has 6 aromatic rings. The summed E-state index contributed by atoms with van der Waals surface area (Å²) in [5.74, 6) is 2.51. The monoisotopic (exact) mass is 1490 g/mol. The van der Waals surface area contributed by atoms with Gasteiger partial charge in [-0.3, -0.25) is 33.9 Å². The molecule has 4 N–H and O–H groups in total. The first-order valence-electron chi connectivity index (χ1n) is 38.9. The number of piperazine rings is 3. The summed E-state index contributed by atoms with van der Waals surface area (Å²) in [5.41, 5.74) is 18.7. The van der Waals surface area contributed by atoms with Gasteiger partial charge in [0.2, 0.25) is 23.6 Å². The summed E-state index contributed by atoms with van der Waals surface area (Å²) in [6, 6.07) is 58.0. The van der Waals surface area contributed by atoms with Crippen molar-refractivity contribution in [3.05, 3.63) is 213 Å². The molecule has 0 aliphatic carbocycles. The minimum Gasteiger partial charge on any atom is -0.351 e. The zero-order chi connectivity index (χ0) is 76.5. The van der Waals surface area contributed by atoms with Gasteiger partial charge in [0.05, 0.1) is 29.8 Å². The summed E-state index contributed by atoms with van der Waals surface area (Å²) in [4.78, 5) is 94.2. The van der Waals surface area contributed by atoms with E-state index >= 15 is 0 Å². The Hall–Kier alpha value is -8.31. The second-order valence-electron chi connectivity index (χ2n) is 32.1. The number of hydrogen-bond donors (Lipinski definition) is 2. The van der Waals surface area contributed by atoms with Gasteiger partial charge in [0.25, 0.3) is 0 Å². The first-order valence-corrected chi connectivity index (χ1v) is 39.7. The number of benzene rings is 6. The topological polar surface area (TPSA) is 207 Å². The van der Waals surface area contributed by atoms with E-state index in [4.69, 9.17) is 34.7 Å². The predicted octanol–water partition coefficient (Wildman–Crippen LogP) is 14.4. The van der Waals surface area contributed by atoms with Gasteiger partial charge in [-0.2, -0.15) is 5.26 Å². The molecule has 6 atom stereocenters. The van der Waals surface area contributed by atoms with Crippen molar-refractivity contribution >= 4 is 58.9 Å². The standard InChI is InChI=1S/C30H40ClN3O2.C29H37N5O2.C28H37ClN4O2/c1-22(35)32-16-14-23(15-17-32)20-28(36)34-19-18-33(21-27(34)30(2,3)4)29(24-8-6-5-7-9-24)25-10-12-26(31)13-11-25;1-21(2)26-20-33(16-17-34(26)27(35)18-22-12-14-32(15-13-22)29(31)36)28(24-6-4-3-5-7-24)25-10-8-23(19-30)9-11-25;1-20(2)25-19-32(27(22-6-4-3-5-7-22)23-8-10-24(29)11-9-23)16-17-33(25)26(34)18-21-12-14-31(15-13-21)28(30)35/h5-13,23,27,29H,14-21H2,1-4H3;3-11,21-22,26,28H,12-18,20H2,1-2H3,(H2,31,36);3-11,20-21,25,27H,12-19H2,1-2H3,(H2,30,35)/t27-,29?;26-,28?;25-,27?/m111/s1. The van der Waals surface area contributed by atoms with Crippen LogP contribution in [0, 0.1) is 46.3 Å². The highest BCUT2D eigenvalue weighted by atomic mass is 35.5. The Bertz CT molecular complexity index is 3890. The van der Waals surface area contributed by atoms with E-state index < -0.39 is 0 Å². The van der Waals surface area contributed by atoms with E-state index in [-0.39, 0.29) is 77.4 Å². The summed E-state index contributed by atoms with van der Waals surface area (Å²) >= 11 is 12.4. The Morgan fingerprint density at radius 1 is 0.411 bits per heavy atom. The molecule has 12 rings (SSSR count). The summed E-state index contributed by atoms with van der Waals surface area (Å²) in [5, 5.41) is 10.7. The van der Waals surface area contributed by atoms with E-state index in [2.05, 4.69) is 199 Å². The van der Waals surface area contributed by atoms with Gasteiger partial charge in [-0.1, -0.05) is 199 Å². The van der Waals surface area contributed by atoms with Gasteiger partial charge in [-0.05, 0) is 143 Å². The molecule has 0 radical (unpaired) electrons. The van der Waals surface area contributed by atoms with Crippen molar-refractivity contribution in [3.63, 3.8) is 0 Å². The number of piperidine rings is 3. The number of amides is 8. The van der Waals surface area contributed by atoms with Crippen molar-refractivity contribution in [2.45, 2.75) is 149 Å². The number of nitriles is 1. The van der Waals surface area contributed by atoms with Crippen LogP contribution in [0.2, 0.25) is 10.0 Å². The van der Waals surface area contributed by atoms with Crippen LogP contribution in [-0.4, -0.2) is 196 Å². The molecule has 20 heteroatoms. The molecule has 0 saturated carbocycles. The number of urea groups is 2. The smallest absolute Gasteiger partial charge is 0.314 e. The number of carbonyl (C=O) groups excluding carboxylic acids is 6. The quantitative estimate of drug-likeness (QED) is 0.0883. The molecular formula is C87H114Cl2N12O6. The van der Waals surface area contributed by atoms with Crippen LogP contribution >= 0.6 is 23.2 Å². The van der Waals surface area contributed by atoms with Crippen LogP contribution in [0.15, 0.2) is 164 Å². The minimum atomic E-state index is -0.369. The average molecular weight is 1490 g/mol. The molecule has 0 aromatic heterocycles. The highest BCUT2D eigenvalue weighted by Crippen LogP contribution is 2.39. The Labute approximate surface area is 646 Å².